The molecule has 6 heteroatoms. The van der Waals surface area contributed by atoms with Crippen LogP contribution in [0.25, 0.3) is 0 Å². The Morgan fingerprint density at radius 2 is 2.18 bits per heavy atom. The van der Waals surface area contributed by atoms with Crippen molar-refractivity contribution in [2.45, 2.75) is 19.1 Å². The maximum absolute atomic E-state index is 12.3. The number of amides is 2. The number of fused-ring (bicyclic) bond motifs is 1. The van der Waals surface area contributed by atoms with Crippen molar-refractivity contribution >= 4 is 11.8 Å². The molecule has 6 nitrogen and oxygen atoms in total. The minimum atomic E-state index is -0.635. The van der Waals surface area contributed by atoms with E-state index in [1.165, 1.54) is 0 Å². The van der Waals surface area contributed by atoms with Crippen LogP contribution in [0.15, 0.2) is 24.3 Å². The van der Waals surface area contributed by atoms with Gasteiger partial charge in [0.2, 0.25) is 5.91 Å². The van der Waals surface area contributed by atoms with Crippen molar-refractivity contribution in [1.29, 1.82) is 0 Å². The summed E-state index contributed by atoms with van der Waals surface area (Å²) < 4.78 is 5.22. The van der Waals surface area contributed by atoms with Crippen molar-refractivity contribution in [2.24, 2.45) is 0 Å². The number of ether oxygens (including phenoxy) is 1. The van der Waals surface area contributed by atoms with E-state index in [2.05, 4.69) is 0 Å². The zero-order valence-electron chi connectivity index (χ0n) is 12.4. The maximum atomic E-state index is 12.3. The summed E-state index contributed by atoms with van der Waals surface area (Å²) in [7, 11) is 0. The normalized spacial score (nSPS) is 21.7. The molecular weight excluding hydrogens is 284 g/mol. The highest BCUT2D eigenvalue weighted by atomic mass is 16.5. The molecule has 2 aliphatic heterocycles. The van der Waals surface area contributed by atoms with Gasteiger partial charge in [-0.2, -0.15) is 0 Å². The van der Waals surface area contributed by atoms with E-state index in [9.17, 15) is 14.7 Å². The molecule has 2 aliphatic rings. The lowest BCUT2D eigenvalue weighted by molar-refractivity contribution is -0.132. The number of hydrogen-bond donors (Lipinski definition) is 1. The van der Waals surface area contributed by atoms with Crippen molar-refractivity contribution < 1.29 is 19.4 Å². The lowest BCUT2D eigenvalue weighted by Crippen LogP contribution is -2.39. The van der Waals surface area contributed by atoms with Crippen LogP contribution in [0.4, 0.5) is 0 Å². The molecule has 22 heavy (non-hydrogen) atoms. The van der Waals surface area contributed by atoms with Crippen molar-refractivity contribution in [2.75, 3.05) is 32.8 Å². The number of aliphatic hydroxyl groups is 1. The number of carbonyl (C=O) groups excluding carboxylic acids is 2. The third kappa shape index (κ3) is 3.13. The molecule has 3 rings (SSSR count). The van der Waals surface area contributed by atoms with Crippen LogP contribution in [0, 0.1) is 0 Å². The zero-order valence-corrected chi connectivity index (χ0v) is 12.4. The van der Waals surface area contributed by atoms with Crippen molar-refractivity contribution in [1.82, 2.24) is 9.80 Å². The summed E-state index contributed by atoms with van der Waals surface area (Å²) in [6.07, 6.45) is -0.365. The van der Waals surface area contributed by atoms with Crippen molar-refractivity contribution in [3.05, 3.63) is 35.4 Å². The van der Waals surface area contributed by atoms with Gasteiger partial charge in [0, 0.05) is 38.2 Å². The number of benzene rings is 1. The van der Waals surface area contributed by atoms with E-state index in [-0.39, 0.29) is 24.8 Å². The molecule has 118 valence electrons. The molecule has 2 heterocycles. The molecule has 1 saturated heterocycles. The van der Waals surface area contributed by atoms with Gasteiger partial charge in [-0.1, -0.05) is 18.2 Å². The summed E-state index contributed by atoms with van der Waals surface area (Å²) >= 11 is 0. The summed E-state index contributed by atoms with van der Waals surface area (Å²) in [6, 6.07) is 7.53. The third-order valence-corrected chi connectivity index (χ3v) is 4.09. The number of β-amino-alcohol motifs (C(OH)–C–C–N with tert-alkyl or cyclic N) is 1. The van der Waals surface area contributed by atoms with Crippen LogP contribution in [0.5, 0.6) is 0 Å². The highest BCUT2D eigenvalue weighted by molar-refractivity contribution is 5.98. The first-order chi connectivity index (χ1) is 10.6. The first kappa shape index (κ1) is 15.0. The molecule has 0 spiro atoms. The molecular formula is C16H20N2O4. The van der Waals surface area contributed by atoms with Gasteiger partial charge in [-0.25, -0.2) is 0 Å². The third-order valence-electron chi connectivity index (χ3n) is 4.09. The van der Waals surface area contributed by atoms with Crippen LogP contribution in [0.1, 0.15) is 22.3 Å². The molecule has 0 bridgehead atoms. The molecule has 1 aromatic carbocycles. The van der Waals surface area contributed by atoms with Gasteiger partial charge >= 0.3 is 0 Å². The molecule has 0 aliphatic carbocycles. The summed E-state index contributed by atoms with van der Waals surface area (Å²) in [5.74, 6) is -0.0593. The maximum Gasteiger partial charge on any atom is 0.254 e. The Morgan fingerprint density at radius 3 is 3.00 bits per heavy atom. The highest BCUT2D eigenvalue weighted by Crippen LogP contribution is 2.22. The largest absolute Gasteiger partial charge is 0.389 e. The summed E-state index contributed by atoms with van der Waals surface area (Å²) in [5, 5.41) is 9.67. The number of rotatable bonds is 3. The standard InChI is InChI=1S/C16H20N2O4/c19-13-10-17(7-8-22-11-13)15(20)5-6-18-9-12-3-1-2-4-14(12)16(18)21/h1-4,13,19H,5-11H2. The fourth-order valence-electron chi connectivity index (χ4n) is 2.90. The summed E-state index contributed by atoms with van der Waals surface area (Å²) in [6.45, 7) is 2.46. The molecule has 0 radical (unpaired) electrons. The molecule has 1 N–H and O–H groups in total. The Hall–Kier alpha value is -1.92. The predicted octanol–water partition coefficient (Wildman–Crippen LogP) is 0.252. The zero-order chi connectivity index (χ0) is 15.5. The van der Waals surface area contributed by atoms with E-state index < -0.39 is 6.10 Å². The fraction of sp³-hybridized carbons (Fsp3) is 0.500. The van der Waals surface area contributed by atoms with E-state index in [0.717, 1.165) is 11.1 Å². The number of aliphatic hydroxyl groups excluding tert-OH is 1. The topological polar surface area (TPSA) is 70.1 Å². The first-order valence-corrected chi connectivity index (χ1v) is 7.56. The number of carbonyl (C=O) groups is 2. The molecule has 1 aromatic rings. The Labute approximate surface area is 129 Å². The van der Waals surface area contributed by atoms with Gasteiger partial charge in [-0.3, -0.25) is 9.59 Å². The van der Waals surface area contributed by atoms with Crippen molar-refractivity contribution in [3.8, 4) is 0 Å². The van der Waals surface area contributed by atoms with Crippen LogP contribution in [0.3, 0.4) is 0 Å². The number of hydrogen-bond acceptors (Lipinski definition) is 4. The van der Waals surface area contributed by atoms with E-state index in [4.69, 9.17) is 4.74 Å². The Balaban J connectivity index is 1.55. The van der Waals surface area contributed by atoms with Gasteiger partial charge < -0.3 is 19.6 Å². The van der Waals surface area contributed by atoms with E-state index in [0.29, 0.717) is 32.8 Å². The van der Waals surface area contributed by atoms with Gasteiger partial charge in [0.1, 0.15) is 0 Å². The van der Waals surface area contributed by atoms with Gasteiger partial charge in [-0.05, 0) is 11.6 Å². The lowest BCUT2D eigenvalue weighted by Gasteiger charge is -2.23. The highest BCUT2D eigenvalue weighted by Gasteiger charge is 2.28. The molecule has 1 atom stereocenters. The second-order valence-electron chi connectivity index (χ2n) is 5.70. The SMILES string of the molecule is O=C(CCN1Cc2ccccc2C1=O)N1CCOCC(O)C1. The first-order valence-electron chi connectivity index (χ1n) is 7.56. The predicted molar refractivity (Wildman–Crippen MR) is 79.2 cm³/mol. The summed E-state index contributed by atoms with van der Waals surface area (Å²) in [4.78, 5) is 27.8. The van der Waals surface area contributed by atoms with Crippen LogP contribution in [-0.4, -0.2) is 65.7 Å². The molecule has 0 aromatic heterocycles. The van der Waals surface area contributed by atoms with E-state index >= 15 is 0 Å². The Morgan fingerprint density at radius 1 is 1.36 bits per heavy atom. The van der Waals surface area contributed by atoms with Gasteiger partial charge in [0.05, 0.1) is 19.3 Å². The van der Waals surface area contributed by atoms with Gasteiger partial charge in [-0.15, -0.1) is 0 Å². The van der Waals surface area contributed by atoms with Gasteiger partial charge in [0.25, 0.3) is 5.91 Å². The molecule has 2 amide bonds. The van der Waals surface area contributed by atoms with Crippen LogP contribution >= 0.6 is 0 Å². The fourth-order valence-corrected chi connectivity index (χ4v) is 2.90. The van der Waals surface area contributed by atoms with Gasteiger partial charge in [0.15, 0.2) is 0 Å². The summed E-state index contributed by atoms with van der Waals surface area (Å²) in [5.41, 5.74) is 1.74. The monoisotopic (exact) mass is 304 g/mol. The lowest BCUT2D eigenvalue weighted by atomic mass is 10.1. The average Bonchev–Trinajstić information content (AvgIpc) is 2.69. The van der Waals surface area contributed by atoms with E-state index in [1.54, 1.807) is 9.80 Å². The minimum absolute atomic E-state index is 0.0114. The van der Waals surface area contributed by atoms with Crippen LogP contribution < -0.4 is 0 Å². The molecule has 0 saturated carbocycles. The average molecular weight is 304 g/mol. The van der Waals surface area contributed by atoms with Crippen LogP contribution in [-0.2, 0) is 16.1 Å². The molecule has 1 fully saturated rings. The second kappa shape index (κ2) is 6.46. The number of nitrogens with zero attached hydrogens (tertiary/aromatic N) is 2. The van der Waals surface area contributed by atoms with Crippen molar-refractivity contribution in [3.63, 3.8) is 0 Å². The Bertz CT molecular complexity index is 575. The molecule has 1 unspecified atom stereocenters. The second-order valence-corrected chi connectivity index (χ2v) is 5.70. The smallest absolute Gasteiger partial charge is 0.254 e. The Kier molecular flexibility index (Phi) is 4.40. The minimum Gasteiger partial charge on any atom is -0.389 e. The quantitative estimate of drug-likeness (QED) is 0.869. The van der Waals surface area contributed by atoms with E-state index in [1.807, 2.05) is 24.3 Å². The van der Waals surface area contributed by atoms with Crippen LogP contribution in [0.2, 0.25) is 0 Å².